The van der Waals surface area contributed by atoms with Crippen molar-refractivity contribution in [1.29, 1.82) is 0 Å². The van der Waals surface area contributed by atoms with Gasteiger partial charge in [0.25, 0.3) is 0 Å². The molecule has 2 nitrogen and oxygen atoms in total. The lowest BCUT2D eigenvalue weighted by Gasteiger charge is -2.01. The van der Waals surface area contributed by atoms with E-state index in [4.69, 9.17) is 5.11 Å². The van der Waals surface area contributed by atoms with Gasteiger partial charge < -0.3 is 10.4 Å². The van der Waals surface area contributed by atoms with E-state index < -0.39 is 6.17 Å². The molecule has 0 saturated carbocycles. The van der Waals surface area contributed by atoms with E-state index in [-0.39, 0.29) is 12.6 Å². The molecule has 1 heterocycles. The van der Waals surface area contributed by atoms with Gasteiger partial charge in [-0.3, -0.25) is 0 Å². The van der Waals surface area contributed by atoms with Crippen molar-refractivity contribution in [1.82, 2.24) is 5.32 Å². The summed E-state index contributed by atoms with van der Waals surface area (Å²) in [6, 6.07) is 0.00463. The number of aliphatic hydroxyl groups excluding tert-OH is 1. The Morgan fingerprint density at radius 2 is 2.50 bits per heavy atom. The summed E-state index contributed by atoms with van der Waals surface area (Å²) in [6.45, 7) is 0.464. The van der Waals surface area contributed by atoms with Crippen molar-refractivity contribution in [3.8, 4) is 0 Å². The lowest BCUT2D eigenvalue weighted by atomic mass is 10.2. The van der Waals surface area contributed by atoms with Crippen LogP contribution in [0, 0.1) is 0 Å². The van der Waals surface area contributed by atoms with Gasteiger partial charge >= 0.3 is 0 Å². The SMILES string of the molecule is OC[C@@H]1C[C@@H](F)CN1. The monoisotopic (exact) mass is 119 g/mol. The molecule has 0 radical (unpaired) electrons. The number of rotatable bonds is 1. The second-order valence-corrected chi connectivity index (χ2v) is 2.12. The summed E-state index contributed by atoms with van der Waals surface area (Å²) < 4.78 is 12.2. The average molecular weight is 119 g/mol. The van der Waals surface area contributed by atoms with Crippen LogP contribution in [0.4, 0.5) is 4.39 Å². The number of hydrogen-bond donors (Lipinski definition) is 2. The lowest BCUT2D eigenvalue weighted by molar-refractivity contribution is 0.248. The average Bonchev–Trinajstić information content (AvgIpc) is 2.14. The van der Waals surface area contributed by atoms with Crippen LogP contribution in [0.15, 0.2) is 0 Å². The molecule has 1 rings (SSSR count). The summed E-state index contributed by atoms with van der Waals surface area (Å²) in [6.07, 6.45) is -0.275. The minimum Gasteiger partial charge on any atom is -0.395 e. The minimum absolute atomic E-state index is 0.00463. The molecule has 3 heteroatoms. The summed E-state index contributed by atoms with van der Waals surface area (Å²) >= 11 is 0. The fourth-order valence-electron chi connectivity index (χ4n) is 0.909. The van der Waals surface area contributed by atoms with Crippen LogP contribution < -0.4 is 5.32 Å². The smallest absolute Gasteiger partial charge is 0.114 e. The third-order valence-electron chi connectivity index (χ3n) is 1.39. The third-order valence-corrected chi connectivity index (χ3v) is 1.39. The molecule has 0 spiro atoms. The van der Waals surface area contributed by atoms with Crippen molar-refractivity contribution in [2.45, 2.75) is 18.6 Å². The molecule has 8 heavy (non-hydrogen) atoms. The molecule has 0 aromatic heterocycles. The highest BCUT2D eigenvalue weighted by Crippen LogP contribution is 2.08. The Bertz CT molecular complexity index is 78.8. The molecule has 1 aliphatic rings. The maximum absolute atomic E-state index is 12.2. The van der Waals surface area contributed by atoms with Crippen LogP contribution >= 0.6 is 0 Å². The molecule has 2 N–H and O–H groups in total. The topological polar surface area (TPSA) is 32.3 Å². The predicted octanol–water partition coefficient (Wildman–Crippen LogP) is -0.321. The highest BCUT2D eigenvalue weighted by molar-refractivity contribution is 4.80. The van der Waals surface area contributed by atoms with E-state index in [9.17, 15) is 4.39 Å². The zero-order chi connectivity index (χ0) is 5.98. The van der Waals surface area contributed by atoms with E-state index >= 15 is 0 Å². The number of halogens is 1. The van der Waals surface area contributed by atoms with Gasteiger partial charge in [0.15, 0.2) is 0 Å². The third kappa shape index (κ3) is 1.17. The number of aliphatic hydroxyl groups is 1. The van der Waals surface area contributed by atoms with Crippen LogP contribution in [0.5, 0.6) is 0 Å². The molecule has 0 unspecified atom stereocenters. The second kappa shape index (κ2) is 2.42. The largest absolute Gasteiger partial charge is 0.395 e. The van der Waals surface area contributed by atoms with E-state index in [0.29, 0.717) is 13.0 Å². The normalized spacial score (nSPS) is 38.2. The van der Waals surface area contributed by atoms with Gasteiger partial charge in [-0.05, 0) is 6.42 Å². The van der Waals surface area contributed by atoms with Gasteiger partial charge in [-0.1, -0.05) is 0 Å². The number of nitrogens with one attached hydrogen (secondary N) is 1. The summed E-state index contributed by atoms with van der Waals surface area (Å²) in [5.41, 5.74) is 0. The Morgan fingerprint density at radius 3 is 2.75 bits per heavy atom. The molecule has 0 bridgehead atoms. The van der Waals surface area contributed by atoms with Crippen molar-refractivity contribution in [2.75, 3.05) is 13.2 Å². The Kier molecular flexibility index (Phi) is 1.81. The Morgan fingerprint density at radius 1 is 1.75 bits per heavy atom. The molecular formula is C5H10FNO. The highest BCUT2D eigenvalue weighted by Gasteiger charge is 2.21. The first kappa shape index (κ1) is 5.98. The van der Waals surface area contributed by atoms with E-state index in [1.165, 1.54) is 0 Å². The first-order chi connectivity index (χ1) is 3.83. The molecule has 0 aromatic rings. The van der Waals surface area contributed by atoms with E-state index in [1.54, 1.807) is 0 Å². The molecule has 0 aromatic carbocycles. The van der Waals surface area contributed by atoms with Crippen LogP contribution in [-0.2, 0) is 0 Å². The van der Waals surface area contributed by atoms with Crippen LogP contribution in [0.2, 0.25) is 0 Å². The Balaban J connectivity index is 2.22. The fraction of sp³-hybridized carbons (Fsp3) is 1.00. The minimum atomic E-state index is -0.743. The molecular weight excluding hydrogens is 109 g/mol. The van der Waals surface area contributed by atoms with Gasteiger partial charge in [-0.2, -0.15) is 0 Å². The predicted molar refractivity (Wildman–Crippen MR) is 28.4 cm³/mol. The molecule has 1 fully saturated rings. The summed E-state index contributed by atoms with van der Waals surface area (Å²) in [5, 5.41) is 11.3. The molecule has 0 amide bonds. The summed E-state index contributed by atoms with van der Waals surface area (Å²) in [5.74, 6) is 0. The quantitative estimate of drug-likeness (QED) is 0.495. The fourth-order valence-corrected chi connectivity index (χ4v) is 0.909. The van der Waals surface area contributed by atoms with Crippen molar-refractivity contribution in [2.24, 2.45) is 0 Å². The van der Waals surface area contributed by atoms with E-state index in [2.05, 4.69) is 5.32 Å². The second-order valence-electron chi connectivity index (χ2n) is 2.12. The van der Waals surface area contributed by atoms with Gasteiger partial charge in [0.1, 0.15) is 6.17 Å². The van der Waals surface area contributed by atoms with Crippen molar-refractivity contribution < 1.29 is 9.50 Å². The first-order valence-electron chi connectivity index (χ1n) is 2.81. The van der Waals surface area contributed by atoms with Crippen molar-refractivity contribution in [3.63, 3.8) is 0 Å². The highest BCUT2D eigenvalue weighted by atomic mass is 19.1. The first-order valence-corrected chi connectivity index (χ1v) is 2.81. The molecule has 1 aliphatic heterocycles. The number of alkyl halides is 1. The van der Waals surface area contributed by atoms with Crippen molar-refractivity contribution in [3.05, 3.63) is 0 Å². The maximum Gasteiger partial charge on any atom is 0.114 e. The maximum atomic E-state index is 12.2. The van der Waals surface area contributed by atoms with Gasteiger partial charge in [0.2, 0.25) is 0 Å². The van der Waals surface area contributed by atoms with Crippen LogP contribution in [-0.4, -0.2) is 30.5 Å². The summed E-state index contributed by atoms with van der Waals surface area (Å²) in [7, 11) is 0. The standard InChI is InChI=1S/C5H10FNO/c6-4-1-5(3-8)7-2-4/h4-5,7-8H,1-3H2/t4-,5+/m1/s1. The van der Waals surface area contributed by atoms with E-state index in [1.807, 2.05) is 0 Å². The van der Waals surface area contributed by atoms with Gasteiger partial charge in [0, 0.05) is 12.6 Å². The summed E-state index contributed by atoms with van der Waals surface area (Å²) in [4.78, 5) is 0. The van der Waals surface area contributed by atoms with Gasteiger partial charge in [0.05, 0.1) is 6.61 Å². The van der Waals surface area contributed by atoms with Crippen LogP contribution in [0.3, 0.4) is 0 Å². The number of hydrogen-bond acceptors (Lipinski definition) is 2. The molecule has 1 saturated heterocycles. The zero-order valence-electron chi connectivity index (χ0n) is 4.60. The molecule has 0 aliphatic carbocycles. The zero-order valence-corrected chi connectivity index (χ0v) is 4.60. The Labute approximate surface area is 47.7 Å². The Hall–Kier alpha value is -0.150. The van der Waals surface area contributed by atoms with E-state index in [0.717, 1.165) is 0 Å². The van der Waals surface area contributed by atoms with Crippen LogP contribution in [0.1, 0.15) is 6.42 Å². The lowest BCUT2D eigenvalue weighted by Crippen LogP contribution is -2.24. The molecule has 2 atom stereocenters. The van der Waals surface area contributed by atoms with Gasteiger partial charge in [-0.15, -0.1) is 0 Å². The molecule has 48 valence electrons. The van der Waals surface area contributed by atoms with Gasteiger partial charge in [-0.25, -0.2) is 4.39 Å². The van der Waals surface area contributed by atoms with Crippen molar-refractivity contribution >= 4 is 0 Å². The van der Waals surface area contributed by atoms with Crippen LogP contribution in [0.25, 0.3) is 0 Å².